The van der Waals surface area contributed by atoms with Gasteiger partial charge in [-0.1, -0.05) is 30.3 Å². The van der Waals surface area contributed by atoms with Crippen LogP contribution in [0.25, 0.3) is 0 Å². The minimum absolute atomic E-state index is 0.171. The third kappa shape index (κ3) is 4.70. The number of benzene rings is 1. The first-order valence-corrected chi connectivity index (χ1v) is 8.87. The average Bonchev–Trinajstić information content (AvgIpc) is 2.68. The van der Waals surface area contributed by atoms with E-state index in [2.05, 4.69) is 20.2 Å². The smallest absolute Gasteiger partial charge is 0.326 e. The fourth-order valence-corrected chi connectivity index (χ4v) is 3.25. The number of aliphatic carboxylic acids is 1. The van der Waals surface area contributed by atoms with Crippen LogP contribution in [0.4, 0.5) is 11.6 Å². The maximum absolute atomic E-state index is 11.6. The molecule has 0 radical (unpaired) electrons. The Morgan fingerprint density at radius 3 is 2.85 bits per heavy atom. The van der Waals surface area contributed by atoms with Crippen LogP contribution >= 0.6 is 0 Å². The van der Waals surface area contributed by atoms with Crippen molar-refractivity contribution in [2.45, 2.75) is 25.3 Å². The number of carboxylic acids is 1. The summed E-state index contributed by atoms with van der Waals surface area (Å²) >= 11 is 0. The molecule has 1 fully saturated rings. The highest BCUT2D eigenvalue weighted by molar-refractivity contribution is 5.77. The monoisotopic (exact) mass is 356 g/mol. The summed E-state index contributed by atoms with van der Waals surface area (Å²) in [6.45, 7) is 1.80. The van der Waals surface area contributed by atoms with Gasteiger partial charge in [0, 0.05) is 32.2 Å². The van der Waals surface area contributed by atoms with E-state index in [9.17, 15) is 15.0 Å². The van der Waals surface area contributed by atoms with Gasteiger partial charge in [-0.05, 0) is 24.3 Å². The molecule has 3 N–H and O–H groups in total. The van der Waals surface area contributed by atoms with Crippen LogP contribution in [0.2, 0.25) is 0 Å². The summed E-state index contributed by atoms with van der Waals surface area (Å²) in [6, 6.07) is 10.5. The molecule has 7 nitrogen and oxygen atoms in total. The predicted octanol–water partition coefficient (Wildman–Crippen LogP) is 1.79. The van der Waals surface area contributed by atoms with E-state index in [1.165, 1.54) is 6.33 Å². The zero-order valence-electron chi connectivity index (χ0n) is 14.6. The van der Waals surface area contributed by atoms with Gasteiger partial charge in [0.15, 0.2) is 0 Å². The molecule has 1 saturated heterocycles. The number of aliphatic hydroxyl groups excluding tert-OH is 1. The van der Waals surface area contributed by atoms with Gasteiger partial charge in [0.05, 0.1) is 0 Å². The van der Waals surface area contributed by atoms with Crippen LogP contribution in [0.1, 0.15) is 18.4 Å². The molecule has 0 saturated carbocycles. The number of rotatable bonds is 7. The second-order valence-electron chi connectivity index (χ2n) is 6.62. The van der Waals surface area contributed by atoms with Crippen LogP contribution in [-0.2, 0) is 11.2 Å². The molecule has 138 valence electrons. The Kier molecular flexibility index (Phi) is 6.01. The summed E-state index contributed by atoms with van der Waals surface area (Å²) in [4.78, 5) is 22.2. The third-order valence-electron chi connectivity index (χ3n) is 4.66. The van der Waals surface area contributed by atoms with Crippen LogP contribution in [0, 0.1) is 5.92 Å². The lowest BCUT2D eigenvalue weighted by Gasteiger charge is -2.32. The molecular formula is C19H24N4O3. The lowest BCUT2D eigenvalue weighted by Crippen LogP contribution is -2.37. The summed E-state index contributed by atoms with van der Waals surface area (Å²) < 4.78 is 0. The molecule has 0 amide bonds. The second-order valence-corrected chi connectivity index (χ2v) is 6.62. The third-order valence-corrected chi connectivity index (χ3v) is 4.66. The molecule has 26 heavy (non-hydrogen) atoms. The summed E-state index contributed by atoms with van der Waals surface area (Å²) in [5.41, 5.74) is 0.948. The topological polar surface area (TPSA) is 98.6 Å². The second kappa shape index (κ2) is 8.62. The highest BCUT2D eigenvalue weighted by atomic mass is 16.4. The number of aliphatic hydroxyl groups is 1. The minimum atomic E-state index is -0.924. The number of carboxylic acid groups (broad SMARTS) is 1. The molecule has 1 aromatic heterocycles. The van der Waals surface area contributed by atoms with E-state index in [4.69, 9.17) is 0 Å². The number of nitrogens with zero attached hydrogens (tertiary/aromatic N) is 3. The molecule has 3 rings (SSSR count). The van der Waals surface area contributed by atoms with E-state index in [0.29, 0.717) is 12.2 Å². The van der Waals surface area contributed by atoms with E-state index in [1.807, 2.05) is 30.3 Å². The fourth-order valence-electron chi connectivity index (χ4n) is 3.25. The first kappa shape index (κ1) is 18.1. The van der Waals surface area contributed by atoms with Crippen molar-refractivity contribution in [3.8, 4) is 0 Å². The van der Waals surface area contributed by atoms with Crippen molar-refractivity contribution < 1.29 is 15.0 Å². The average molecular weight is 356 g/mol. The molecule has 2 atom stereocenters. The molecule has 1 unspecified atom stereocenters. The molecule has 0 aliphatic carbocycles. The van der Waals surface area contributed by atoms with Gasteiger partial charge in [-0.15, -0.1) is 0 Å². The SMILES string of the molecule is O=C(O)[C@H](Cc1ccccc1)Nc1cc(N2CCCC(CO)C2)ncn1. The zero-order valence-corrected chi connectivity index (χ0v) is 14.6. The Bertz CT molecular complexity index is 726. The van der Waals surface area contributed by atoms with E-state index < -0.39 is 12.0 Å². The highest BCUT2D eigenvalue weighted by Crippen LogP contribution is 2.23. The predicted molar refractivity (Wildman–Crippen MR) is 99.2 cm³/mol. The van der Waals surface area contributed by atoms with Crippen LogP contribution in [0.3, 0.4) is 0 Å². The van der Waals surface area contributed by atoms with Crippen molar-refractivity contribution in [1.82, 2.24) is 9.97 Å². The van der Waals surface area contributed by atoms with Crippen molar-refractivity contribution in [2.24, 2.45) is 5.92 Å². The summed E-state index contributed by atoms with van der Waals surface area (Å²) in [5, 5.41) is 21.9. The quantitative estimate of drug-likeness (QED) is 0.696. The molecule has 1 aliphatic rings. The number of carbonyl (C=O) groups is 1. The first-order valence-electron chi connectivity index (χ1n) is 8.87. The molecule has 0 spiro atoms. The lowest BCUT2D eigenvalue weighted by atomic mass is 9.99. The maximum Gasteiger partial charge on any atom is 0.326 e. The van der Waals surface area contributed by atoms with Gasteiger partial charge in [-0.3, -0.25) is 0 Å². The standard InChI is InChI=1S/C19H24N4O3/c24-12-15-7-4-8-23(11-15)18-10-17(20-13-21-18)22-16(19(25)26)9-14-5-2-1-3-6-14/h1-3,5-6,10,13,15-16,24H,4,7-9,11-12H2,(H,25,26)(H,20,21,22)/t15?,16-/m0/s1. The summed E-state index contributed by atoms with van der Waals surface area (Å²) in [5.74, 6) is 0.571. The Balaban J connectivity index is 1.71. The molecule has 7 heteroatoms. The van der Waals surface area contributed by atoms with Gasteiger partial charge in [-0.25, -0.2) is 14.8 Å². The van der Waals surface area contributed by atoms with Crippen molar-refractivity contribution in [2.75, 3.05) is 29.9 Å². The van der Waals surface area contributed by atoms with E-state index in [-0.39, 0.29) is 12.5 Å². The number of nitrogens with one attached hydrogen (secondary N) is 1. The van der Waals surface area contributed by atoms with Gasteiger partial charge in [0.2, 0.25) is 0 Å². The first-order chi connectivity index (χ1) is 12.7. The Labute approximate surface area is 152 Å². The number of piperidine rings is 1. The van der Waals surface area contributed by atoms with Gasteiger partial charge < -0.3 is 20.4 Å². The van der Waals surface area contributed by atoms with Crippen LogP contribution in [0.5, 0.6) is 0 Å². The molecule has 2 heterocycles. The van der Waals surface area contributed by atoms with Crippen molar-refractivity contribution in [3.63, 3.8) is 0 Å². The number of anilines is 2. The molecule has 1 aromatic carbocycles. The maximum atomic E-state index is 11.6. The zero-order chi connectivity index (χ0) is 18.4. The number of hydrogen-bond donors (Lipinski definition) is 3. The fraction of sp³-hybridized carbons (Fsp3) is 0.421. The van der Waals surface area contributed by atoms with Crippen LogP contribution in [-0.4, -0.2) is 51.9 Å². The number of hydrogen-bond acceptors (Lipinski definition) is 6. The van der Waals surface area contributed by atoms with Crippen molar-refractivity contribution >= 4 is 17.6 Å². The van der Waals surface area contributed by atoms with Gasteiger partial charge >= 0.3 is 5.97 Å². The number of aromatic nitrogens is 2. The molecule has 1 aliphatic heterocycles. The van der Waals surface area contributed by atoms with Gasteiger partial charge in [0.25, 0.3) is 0 Å². The van der Waals surface area contributed by atoms with Crippen LogP contribution < -0.4 is 10.2 Å². The molecular weight excluding hydrogens is 332 g/mol. The van der Waals surface area contributed by atoms with Gasteiger partial charge in [0.1, 0.15) is 24.0 Å². The van der Waals surface area contributed by atoms with E-state index in [1.54, 1.807) is 6.07 Å². The molecule has 2 aromatic rings. The summed E-state index contributed by atoms with van der Waals surface area (Å²) in [6.07, 6.45) is 3.83. The minimum Gasteiger partial charge on any atom is -0.480 e. The molecule has 0 bridgehead atoms. The normalized spacial score (nSPS) is 18.3. The van der Waals surface area contributed by atoms with Crippen molar-refractivity contribution in [3.05, 3.63) is 48.3 Å². The van der Waals surface area contributed by atoms with Crippen LogP contribution in [0.15, 0.2) is 42.7 Å². The lowest BCUT2D eigenvalue weighted by molar-refractivity contribution is -0.137. The Morgan fingerprint density at radius 2 is 2.12 bits per heavy atom. The Morgan fingerprint density at radius 1 is 1.31 bits per heavy atom. The largest absolute Gasteiger partial charge is 0.480 e. The van der Waals surface area contributed by atoms with E-state index >= 15 is 0 Å². The van der Waals surface area contributed by atoms with E-state index in [0.717, 1.165) is 37.3 Å². The van der Waals surface area contributed by atoms with Gasteiger partial charge in [-0.2, -0.15) is 0 Å². The highest BCUT2D eigenvalue weighted by Gasteiger charge is 2.22. The van der Waals surface area contributed by atoms with Crippen molar-refractivity contribution in [1.29, 1.82) is 0 Å². The Hall–Kier alpha value is -2.67. The summed E-state index contributed by atoms with van der Waals surface area (Å²) in [7, 11) is 0.